The molecule has 0 saturated heterocycles. The average Bonchev–Trinajstić information content (AvgIpc) is 3.20. The SMILES string of the molecule is CCCCCCCCCC(=O)OC[C@H](COC(=O)CCCCCCCCCCCCCCCCCCCCC(C)C)OC(=O)CCCCCCCCCCCCC(C)C. The van der Waals surface area contributed by atoms with Crippen molar-refractivity contribution in [1.29, 1.82) is 0 Å². The Hall–Kier alpha value is -1.59. The van der Waals surface area contributed by atoms with E-state index < -0.39 is 6.10 Å². The monoisotopic (exact) mass is 835 g/mol. The third-order valence-electron chi connectivity index (χ3n) is 12.0. The summed E-state index contributed by atoms with van der Waals surface area (Å²) in [6.07, 6.45) is 46.8. The summed E-state index contributed by atoms with van der Waals surface area (Å²) >= 11 is 0. The molecule has 0 bridgehead atoms. The highest BCUT2D eigenvalue weighted by Crippen LogP contribution is 2.17. The predicted molar refractivity (Wildman–Crippen MR) is 252 cm³/mol. The third kappa shape index (κ3) is 47.3. The van der Waals surface area contributed by atoms with Gasteiger partial charge in [0, 0.05) is 19.3 Å². The summed E-state index contributed by atoms with van der Waals surface area (Å²) in [5.41, 5.74) is 0. The standard InChI is InChI=1S/C53H102O6/c1-6-7-8-9-26-33-38-43-51(54)57-46-50(59-53(56)45-40-35-30-25-21-20-23-28-32-37-42-49(4)5)47-58-52(55)44-39-34-29-24-19-17-15-13-11-10-12-14-16-18-22-27-31-36-41-48(2)3/h48-50H,6-47H2,1-5H3/t50-/m1/s1. The van der Waals surface area contributed by atoms with Gasteiger partial charge in [-0.1, -0.05) is 253 Å². The van der Waals surface area contributed by atoms with Crippen molar-refractivity contribution in [3.05, 3.63) is 0 Å². The average molecular weight is 835 g/mol. The first kappa shape index (κ1) is 57.4. The first-order chi connectivity index (χ1) is 28.7. The molecular weight excluding hydrogens is 733 g/mol. The van der Waals surface area contributed by atoms with Gasteiger partial charge in [0.1, 0.15) is 13.2 Å². The number of unbranched alkanes of at least 4 members (excludes halogenated alkanes) is 32. The van der Waals surface area contributed by atoms with Crippen LogP contribution in [0.25, 0.3) is 0 Å². The molecule has 0 radical (unpaired) electrons. The molecule has 0 rings (SSSR count). The van der Waals surface area contributed by atoms with Crippen molar-refractivity contribution in [2.24, 2.45) is 11.8 Å². The molecule has 0 aromatic rings. The molecule has 350 valence electrons. The van der Waals surface area contributed by atoms with E-state index in [1.807, 2.05) is 0 Å². The Morgan fingerprint density at radius 1 is 0.322 bits per heavy atom. The van der Waals surface area contributed by atoms with E-state index in [2.05, 4.69) is 34.6 Å². The zero-order valence-corrected chi connectivity index (χ0v) is 40.4. The number of ether oxygens (including phenoxy) is 3. The van der Waals surface area contributed by atoms with Crippen LogP contribution in [0.5, 0.6) is 0 Å². The number of rotatable bonds is 47. The van der Waals surface area contributed by atoms with Crippen molar-refractivity contribution >= 4 is 17.9 Å². The van der Waals surface area contributed by atoms with Crippen molar-refractivity contribution in [3.8, 4) is 0 Å². The first-order valence-corrected chi connectivity index (χ1v) is 26.2. The van der Waals surface area contributed by atoms with Crippen molar-refractivity contribution in [3.63, 3.8) is 0 Å². The summed E-state index contributed by atoms with van der Waals surface area (Å²) in [6, 6.07) is 0. The number of carbonyl (C=O) groups excluding carboxylic acids is 3. The summed E-state index contributed by atoms with van der Waals surface area (Å²) < 4.78 is 16.7. The van der Waals surface area contributed by atoms with E-state index >= 15 is 0 Å². The number of esters is 3. The Labute approximate surface area is 368 Å². The fourth-order valence-corrected chi connectivity index (χ4v) is 7.99. The van der Waals surface area contributed by atoms with Crippen LogP contribution < -0.4 is 0 Å². The highest BCUT2D eigenvalue weighted by atomic mass is 16.6. The fourth-order valence-electron chi connectivity index (χ4n) is 7.99. The van der Waals surface area contributed by atoms with Gasteiger partial charge in [-0.15, -0.1) is 0 Å². The predicted octanol–water partition coefficient (Wildman–Crippen LogP) is 16.9. The summed E-state index contributed by atoms with van der Waals surface area (Å²) in [7, 11) is 0. The number of hydrogen-bond donors (Lipinski definition) is 0. The normalized spacial score (nSPS) is 12.1. The van der Waals surface area contributed by atoms with E-state index in [1.54, 1.807) is 0 Å². The van der Waals surface area contributed by atoms with Crippen molar-refractivity contribution in [2.75, 3.05) is 13.2 Å². The Morgan fingerprint density at radius 3 is 0.831 bits per heavy atom. The minimum absolute atomic E-state index is 0.0641. The molecule has 0 aliphatic carbocycles. The van der Waals surface area contributed by atoms with Crippen LogP contribution >= 0.6 is 0 Å². The minimum atomic E-state index is -0.760. The maximum Gasteiger partial charge on any atom is 0.306 e. The molecule has 0 amide bonds. The van der Waals surface area contributed by atoms with Gasteiger partial charge in [-0.25, -0.2) is 0 Å². The van der Waals surface area contributed by atoms with Gasteiger partial charge >= 0.3 is 17.9 Å². The first-order valence-electron chi connectivity index (χ1n) is 26.2. The summed E-state index contributed by atoms with van der Waals surface area (Å²) in [6.45, 7) is 11.3. The second-order valence-corrected chi connectivity index (χ2v) is 19.1. The molecule has 0 spiro atoms. The van der Waals surface area contributed by atoms with Gasteiger partial charge in [0.15, 0.2) is 6.10 Å². The van der Waals surface area contributed by atoms with Gasteiger partial charge < -0.3 is 14.2 Å². The largest absolute Gasteiger partial charge is 0.462 e. The van der Waals surface area contributed by atoms with Gasteiger partial charge in [0.25, 0.3) is 0 Å². The van der Waals surface area contributed by atoms with E-state index in [0.717, 1.165) is 69.6 Å². The minimum Gasteiger partial charge on any atom is -0.462 e. The van der Waals surface area contributed by atoms with E-state index in [-0.39, 0.29) is 31.1 Å². The molecule has 6 heteroatoms. The molecule has 0 saturated carbocycles. The lowest BCUT2D eigenvalue weighted by Gasteiger charge is -2.18. The second-order valence-electron chi connectivity index (χ2n) is 19.1. The molecule has 0 unspecified atom stereocenters. The van der Waals surface area contributed by atoms with E-state index in [0.29, 0.717) is 19.3 Å². The molecule has 0 aromatic heterocycles. The topological polar surface area (TPSA) is 78.9 Å². The zero-order chi connectivity index (χ0) is 43.3. The fraction of sp³-hybridized carbons (Fsp3) is 0.943. The van der Waals surface area contributed by atoms with Gasteiger partial charge in [-0.2, -0.15) is 0 Å². The maximum atomic E-state index is 12.7. The van der Waals surface area contributed by atoms with Crippen LogP contribution in [0.4, 0.5) is 0 Å². The second kappa shape index (κ2) is 45.9. The van der Waals surface area contributed by atoms with Crippen molar-refractivity contribution in [2.45, 2.75) is 298 Å². The van der Waals surface area contributed by atoms with Crippen LogP contribution in [0, 0.1) is 11.8 Å². The molecule has 0 heterocycles. The number of carbonyl (C=O) groups is 3. The molecular formula is C53H102O6. The Balaban J connectivity index is 4.13. The summed E-state index contributed by atoms with van der Waals surface area (Å²) in [4.78, 5) is 37.8. The molecule has 0 N–H and O–H groups in total. The molecule has 0 fully saturated rings. The Bertz CT molecular complexity index is 900. The smallest absolute Gasteiger partial charge is 0.306 e. The third-order valence-corrected chi connectivity index (χ3v) is 12.0. The molecule has 59 heavy (non-hydrogen) atoms. The lowest BCUT2D eigenvalue weighted by atomic mass is 10.0. The Kier molecular flexibility index (Phi) is 44.7. The molecule has 0 aliphatic heterocycles. The van der Waals surface area contributed by atoms with Gasteiger partial charge in [-0.05, 0) is 31.1 Å². The lowest BCUT2D eigenvalue weighted by molar-refractivity contribution is -0.167. The van der Waals surface area contributed by atoms with Crippen LogP contribution in [0.1, 0.15) is 291 Å². The van der Waals surface area contributed by atoms with E-state index in [1.165, 1.54) is 180 Å². The van der Waals surface area contributed by atoms with Crippen LogP contribution in [0.3, 0.4) is 0 Å². The molecule has 0 aromatic carbocycles. The van der Waals surface area contributed by atoms with Crippen LogP contribution in [-0.4, -0.2) is 37.2 Å². The van der Waals surface area contributed by atoms with Crippen molar-refractivity contribution < 1.29 is 28.6 Å². The van der Waals surface area contributed by atoms with Crippen LogP contribution in [0.2, 0.25) is 0 Å². The quantitative estimate of drug-likeness (QED) is 0.0345. The van der Waals surface area contributed by atoms with Crippen LogP contribution in [-0.2, 0) is 28.6 Å². The van der Waals surface area contributed by atoms with Gasteiger partial charge in [-0.3, -0.25) is 14.4 Å². The van der Waals surface area contributed by atoms with Crippen LogP contribution in [0.15, 0.2) is 0 Å². The zero-order valence-electron chi connectivity index (χ0n) is 40.4. The molecule has 6 nitrogen and oxygen atoms in total. The Morgan fingerprint density at radius 2 is 0.559 bits per heavy atom. The highest BCUT2D eigenvalue weighted by molar-refractivity contribution is 5.71. The lowest BCUT2D eigenvalue weighted by Crippen LogP contribution is -2.30. The van der Waals surface area contributed by atoms with Gasteiger partial charge in [0.05, 0.1) is 0 Å². The highest BCUT2D eigenvalue weighted by Gasteiger charge is 2.19. The maximum absolute atomic E-state index is 12.7. The van der Waals surface area contributed by atoms with Crippen molar-refractivity contribution in [1.82, 2.24) is 0 Å². The molecule has 0 aliphatic rings. The number of hydrogen-bond acceptors (Lipinski definition) is 6. The molecule has 1 atom stereocenters. The van der Waals surface area contributed by atoms with Gasteiger partial charge in [0.2, 0.25) is 0 Å². The van der Waals surface area contributed by atoms with E-state index in [9.17, 15) is 14.4 Å². The summed E-state index contributed by atoms with van der Waals surface area (Å²) in [5.74, 6) is 0.820. The summed E-state index contributed by atoms with van der Waals surface area (Å²) in [5, 5.41) is 0. The van der Waals surface area contributed by atoms with E-state index in [4.69, 9.17) is 14.2 Å².